The number of hydrogen-bond donors (Lipinski definition) is 1. The summed E-state index contributed by atoms with van der Waals surface area (Å²) in [5, 5.41) is 0. The van der Waals surface area contributed by atoms with Crippen molar-refractivity contribution in [1.29, 1.82) is 0 Å². The van der Waals surface area contributed by atoms with E-state index in [4.69, 9.17) is 24.7 Å². The Morgan fingerprint density at radius 1 is 0.636 bits per heavy atom. The predicted octanol–water partition coefficient (Wildman–Crippen LogP) is 8.89. The van der Waals surface area contributed by atoms with Gasteiger partial charge in [-0.25, -0.2) is 0 Å². The van der Waals surface area contributed by atoms with Crippen molar-refractivity contribution in [2.24, 2.45) is 5.73 Å². The third kappa shape index (κ3) is 14.4. The summed E-state index contributed by atoms with van der Waals surface area (Å²) in [4.78, 5) is 0. The summed E-state index contributed by atoms with van der Waals surface area (Å²) < 4.78 is 24.2. The van der Waals surface area contributed by atoms with Gasteiger partial charge in [0.15, 0.2) is 0 Å². The predicted molar refractivity (Wildman–Crippen MR) is 181 cm³/mol. The first-order chi connectivity index (χ1) is 21.7. The molecule has 0 aromatic heterocycles. The van der Waals surface area contributed by atoms with Gasteiger partial charge in [0, 0.05) is 6.42 Å². The van der Waals surface area contributed by atoms with Crippen molar-refractivity contribution >= 4 is 0 Å². The van der Waals surface area contributed by atoms with E-state index in [9.17, 15) is 0 Å². The Balaban J connectivity index is 1.62. The summed E-state index contributed by atoms with van der Waals surface area (Å²) >= 11 is 0. The zero-order chi connectivity index (χ0) is 31.1. The molecular weight excluding hydrogens is 546 g/mol. The van der Waals surface area contributed by atoms with E-state index in [-0.39, 0.29) is 6.61 Å². The van der Waals surface area contributed by atoms with E-state index < -0.39 is 18.2 Å². The van der Waals surface area contributed by atoms with Gasteiger partial charge in [0.2, 0.25) is 0 Å². The van der Waals surface area contributed by atoms with Crippen molar-refractivity contribution in [3.63, 3.8) is 0 Å². The summed E-state index contributed by atoms with van der Waals surface area (Å²) in [5.41, 5.74) is 8.92. The molecule has 0 heterocycles. The summed E-state index contributed by atoms with van der Waals surface area (Å²) in [6.07, 6.45) is 12.9. The first-order valence-electron chi connectivity index (χ1n) is 16.5. The topological polar surface area (TPSA) is 62.9 Å². The van der Waals surface area contributed by atoms with Crippen LogP contribution in [0.15, 0.2) is 84.9 Å². The second-order valence-electron chi connectivity index (χ2n) is 11.4. The normalized spacial score (nSPS) is 13.0. The SMILES string of the molecule is CCCCCCCCCCCCC#C[C@@H](OCc1ccccc1)[C@@H](OCc1ccccc1)[C@@H](N)COc1ccc(OC)cc1. The highest BCUT2D eigenvalue weighted by atomic mass is 16.5. The molecule has 3 aromatic rings. The lowest BCUT2D eigenvalue weighted by Gasteiger charge is -2.29. The molecule has 0 spiro atoms. The van der Waals surface area contributed by atoms with E-state index in [1.807, 2.05) is 72.8 Å². The van der Waals surface area contributed by atoms with E-state index in [0.717, 1.165) is 35.5 Å². The highest BCUT2D eigenvalue weighted by molar-refractivity contribution is 5.31. The van der Waals surface area contributed by atoms with Crippen LogP contribution in [0.3, 0.4) is 0 Å². The Labute approximate surface area is 266 Å². The fourth-order valence-corrected chi connectivity index (χ4v) is 5.01. The van der Waals surface area contributed by atoms with E-state index in [2.05, 4.69) is 30.9 Å². The van der Waals surface area contributed by atoms with Crippen LogP contribution >= 0.6 is 0 Å². The van der Waals surface area contributed by atoms with Gasteiger partial charge in [-0.15, -0.1) is 5.92 Å². The van der Waals surface area contributed by atoms with Gasteiger partial charge in [-0.05, 0) is 41.8 Å². The van der Waals surface area contributed by atoms with Gasteiger partial charge in [0.1, 0.15) is 30.3 Å². The molecule has 238 valence electrons. The van der Waals surface area contributed by atoms with Crippen molar-refractivity contribution in [1.82, 2.24) is 0 Å². The minimum Gasteiger partial charge on any atom is -0.497 e. The van der Waals surface area contributed by atoms with Crippen LogP contribution in [-0.4, -0.2) is 32.0 Å². The van der Waals surface area contributed by atoms with Crippen LogP contribution in [0.1, 0.15) is 88.7 Å². The van der Waals surface area contributed by atoms with Crippen LogP contribution in [0.4, 0.5) is 0 Å². The van der Waals surface area contributed by atoms with Crippen LogP contribution in [0.25, 0.3) is 0 Å². The standard InChI is InChI=1S/C39H53NO4/c1-3-4-5-6-7-8-9-10-11-12-13-20-25-38(43-30-33-21-16-14-17-22-33)39(44-31-34-23-18-15-19-24-34)37(40)32-42-36-28-26-35(41-2)27-29-36/h14-19,21-24,26-29,37-39H,3-13,30-32,40H2,1-2H3/t37-,38+,39-/m0/s1. The zero-order valence-electron chi connectivity index (χ0n) is 26.9. The molecule has 0 aliphatic rings. The molecule has 0 bridgehead atoms. The van der Waals surface area contributed by atoms with Crippen molar-refractivity contribution in [2.45, 2.75) is 109 Å². The fourth-order valence-electron chi connectivity index (χ4n) is 5.01. The van der Waals surface area contributed by atoms with Crippen molar-refractivity contribution < 1.29 is 18.9 Å². The molecule has 0 amide bonds. The molecular formula is C39H53NO4. The molecule has 0 aliphatic carbocycles. The van der Waals surface area contributed by atoms with Crippen molar-refractivity contribution in [3.05, 3.63) is 96.1 Å². The number of unbranched alkanes of at least 4 members (excludes halogenated alkanes) is 10. The Kier molecular flexibility index (Phi) is 17.8. The smallest absolute Gasteiger partial charge is 0.146 e. The first kappa shape index (κ1) is 35.2. The van der Waals surface area contributed by atoms with Crippen molar-refractivity contribution in [2.75, 3.05) is 13.7 Å². The summed E-state index contributed by atoms with van der Waals surface area (Å²) in [6.45, 7) is 3.37. The van der Waals surface area contributed by atoms with Crippen LogP contribution in [0.5, 0.6) is 11.5 Å². The van der Waals surface area contributed by atoms with E-state index in [1.54, 1.807) is 7.11 Å². The Morgan fingerprint density at radius 3 is 1.73 bits per heavy atom. The summed E-state index contributed by atoms with van der Waals surface area (Å²) in [5.74, 6) is 8.30. The molecule has 0 radical (unpaired) electrons. The number of benzene rings is 3. The molecule has 3 aromatic carbocycles. The van der Waals surface area contributed by atoms with Gasteiger partial charge in [-0.1, -0.05) is 131 Å². The Bertz CT molecular complexity index is 1170. The average Bonchev–Trinajstić information content (AvgIpc) is 3.07. The number of ether oxygens (including phenoxy) is 4. The number of rotatable bonds is 22. The largest absolute Gasteiger partial charge is 0.497 e. The zero-order valence-corrected chi connectivity index (χ0v) is 26.9. The lowest BCUT2D eigenvalue weighted by atomic mass is 10.0. The molecule has 0 saturated heterocycles. The van der Waals surface area contributed by atoms with E-state index >= 15 is 0 Å². The molecule has 2 N–H and O–H groups in total. The van der Waals surface area contributed by atoms with E-state index in [1.165, 1.54) is 57.8 Å². The van der Waals surface area contributed by atoms with Crippen LogP contribution in [-0.2, 0) is 22.7 Å². The van der Waals surface area contributed by atoms with Gasteiger partial charge in [-0.2, -0.15) is 0 Å². The van der Waals surface area contributed by atoms with Crippen molar-refractivity contribution in [3.8, 4) is 23.3 Å². The third-order valence-corrected chi connectivity index (χ3v) is 7.68. The Morgan fingerprint density at radius 2 is 1.16 bits per heavy atom. The van der Waals surface area contributed by atoms with E-state index in [0.29, 0.717) is 13.2 Å². The first-order valence-corrected chi connectivity index (χ1v) is 16.5. The lowest BCUT2D eigenvalue weighted by Crippen LogP contribution is -2.48. The molecule has 0 fully saturated rings. The number of methoxy groups -OCH3 is 1. The monoisotopic (exact) mass is 599 g/mol. The molecule has 3 atom stereocenters. The molecule has 44 heavy (non-hydrogen) atoms. The number of hydrogen-bond acceptors (Lipinski definition) is 5. The highest BCUT2D eigenvalue weighted by Gasteiger charge is 2.29. The van der Waals surface area contributed by atoms with Gasteiger partial charge < -0.3 is 24.7 Å². The van der Waals surface area contributed by atoms with Gasteiger partial charge >= 0.3 is 0 Å². The Hall–Kier alpha value is -3.30. The molecule has 0 unspecified atom stereocenters. The van der Waals surface area contributed by atoms with Gasteiger partial charge in [-0.3, -0.25) is 0 Å². The van der Waals surface area contributed by atoms with Gasteiger partial charge in [0.05, 0.1) is 26.4 Å². The maximum atomic E-state index is 6.77. The molecule has 3 rings (SSSR count). The molecule has 5 nitrogen and oxygen atoms in total. The molecule has 5 heteroatoms. The minimum atomic E-state index is -0.503. The summed E-state index contributed by atoms with van der Waals surface area (Å²) in [7, 11) is 1.65. The quantitative estimate of drug-likeness (QED) is 0.0923. The maximum absolute atomic E-state index is 6.77. The highest BCUT2D eigenvalue weighted by Crippen LogP contribution is 2.19. The average molecular weight is 600 g/mol. The fraction of sp³-hybridized carbons (Fsp3) is 0.487. The second kappa shape index (κ2) is 22.2. The second-order valence-corrected chi connectivity index (χ2v) is 11.4. The minimum absolute atomic E-state index is 0.261. The van der Waals surface area contributed by atoms with Gasteiger partial charge in [0.25, 0.3) is 0 Å². The third-order valence-electron chi connectivity index (χ3n) is 7.68. The molecule has 0 aliphatic heterocycles. The maximum Gasteiger partial charge on any atom is 0.146 e. The molecule has 0 saturated carbocycles. The number of nitrogens with two attached hydrogens (primary N) is 1. The van der Waals surface area contributed by atoms with Crippen LogP contribution in [0.2, 0.25) is 0 Å². The lowest BCUT2D eigenvalue weighted by molar-refractivity contribution is -0.0759. The van der Waals surface area contributed by atoms with Crippen LogP contribution < -0.4 is 15.2 Å². The van der Waals surface area contributed by atoms with Crippen LogP contribution in [0, 0.1) is 11.8 Å². The summed E-state index contributed by atoms with van der Waals surface area (Å²) in [6, 6.07) is 27.3.